The van der Waals surface area contributed by atoms with Gasteiger partial charge in [-0.1, -0.05) is 17.7 Å². The number of hydrogen-bond acceptors (Lipinski definition) is 5. The van der Waals surface area contributed by atoms with Gasteiger partial charge in [0.25, 0.3) is 0 Å². The third-order valence-electron chi connectivity index (χ3n) is 5.67. The highest BCUT2D eigenvalue weighted by Crippen LogP contribution is 2.30. The van der Waals surface area contributed by atoms with E-state index in [0.29, 0.717) is 29.6 Å². The van der Waals surface area contributed by atoms with E-state index >= 15 is 0 Å². The number of pyridine rings is 1. The summed E-state index contributed by atoms with van der Waals surface area (Å²) in [6, 6.07) is 9.89. The third kappa shape index (κ3) is 4.60. The van der Waals surface area contributed by atoms with Crippen LogP contribution in [0.4, 0.5) is 0 Å². The Morgan fingerprint density at radius 2 is 2.00 bits per heavy atom. The number of hydrogen-bond donors (Lipinski definition) is 0. The fourth-order valence-electron chi connectivity index (χ4n) is 4.13. The number of methoxy groups -OCH3 is 1. The van der Waals surface area contributed by atoms with E-state index in [1.54, 1.807) is 22.9 Å². The zero-order valence-corrected chi connectivity index (χ0v) is 18.1. The van der Waals surface area contributed by atoms with E-state index in [4.69, 9.17) is 21.1 Å². The minimum atomic E-state index is -0.415. The molecule has 4 rings (SSSR count). The maximum atomic E-state index is 12.0. The van der Waals surface area contributed by atoms with Crippen LogP contribution in [0.2, 0.25) is 5.02 Å². The minimum absolute atomic E-state index is 0.403. The smallest absolute Gasteiger partial charge is 0.355 e. The molecule has 1 saturated heterocycles. The van der Waals surface area contributed by atoms with Crippen LogP contribution >= 0.6 is 11.6 Å². The number of rotatable bonds is 6. The number of carbonyl (C=O) groups is 1. The van der Waals surface area contributed by atoms with E-state index in [1.807, 2.05) is 12.1 Å². The number of fused-ring (bicyclic) bond motifs is 1. The van der Waals surface area contributed by atoms with E-state index in [2.05, 4.69) is 28.9 Å². The Morgan fingerprint density at radius 1 is 1.20 bits per heavy atom. The molecule has 0 amide bonds. The molecule has 0 aliphatic carbocycles. The first-order valence-electron chi connectivity index (χ1n) is 10.2. The maximum absolute atomic E-state index is 12.0. The predicted octanol–water partition coefficient (Wildman–Crippen LogP) is 4.34. The molecule has 158 valence electrons. The standard InChI is InChI=1S/C23H26ClN3O3/c1-16-11-18(13-19(24)12-16)17-3-6-26(7-4-17)9-10-30-20-14-21(23(28)29-2)27-8-5-25-22(27)15-20/h5,8,11-15,17H,3-4,6-7,9-10H2,1-2H3. The summed E-state index contributed by atoms with van der Waals surface area (Å²) in [6.07, 6.45) is 5.62. The average Bonchev–Trinajstić information content (AvgIpc) is 3.21. The van der Waals surface area contributed by atoms with Crippen molar-refractivity contribution >= 4 is 23.2 Å². The first kappa shape index (κ1) is 20.7. The van der Waals surface area contributed by atoms with Crippen LogP contribution in [0.25, 0.3) is 5.65 Å². The molecule has 1 aliphatic rings. The summed E-state index contributed by atoms with van der Waals surface area (Å²) in [6.45, 7) is 5.56. The van der Waals surface area contributed by atoms with Crippen LogP contribution in [-0.2, 0) is 4.74 Å². The van der Waals surface area contributed by atoms with Crippen LogP contribution in [0.1, 0.15) is 40.4 Å². The van der Waals surface area contributed by atoms with Crippen molar-refractivity contribution in [1.82, 2.24) is 14.3 Å². The zero-order chi connectivity index (χ0) is 21.1. The fraction of sp³-hybridized carbons (Fsp3) is 0.391. The third-order valence-corrected chi connectivity index (χ3v) is 5.89. The first-order valence-corrected chi connectivity index (χ1v) is 10.6. The Morgan fingerprint density at radius 3 is 2.73 bits per heavy atom. The van der Waals surface area contributed by atoms with Gasteiger partial charge in [0.2, 0.25) is 0 Å². The molecule has 0 unspecified atom stereocenters. The summed E-state index contributed by atoms with van der Waals surface area (Å²) < 4.78 is 12.5. The lowest BCUT2D eigenvalue weighted by Crippen LogP contribution is -2.35. The lowest BCUT2D eigenvalue weighted by Gasteiger charge is -2.32. The minimum Gasteiger partial charge on any atom is -0.492 e. The molecule has 0 radical (unpaired) electrons. The molecule has 6 nitrogen and oxygen atoms in total. The van der Waals surface area contributed by atoms with Gasteiger partial charge >= 0.3 is 5.97 Å². The molecule has 1 fully saturated rings. The predicted molar refractivity (Wildman–Crippen MR) is 117 cm³/mol. The molecule has 3 heterocycles. The van der Waals surface area contributed by atoms with Gasteiger partial charge in [0.15, 0.2) is 0 Å². The number of carbonyl (C=O) groups excluding carboxylic acids is 1. The molecule has 30 heavy (non-hydrogen) atoms. The highest BCUT2D eigenvalue weighted by Gasteiger charge is 2.21. The lowest BCUT2D eigenvalue weighted by molar-refractivity contribution is 0.0591. The molecule has 0 saturated carbocycles. The number of aryl methyl sites for hydroxylation is 1. The van der Waals surface area contributed by atoms with E-state index in [9.17, 15) is 4.79 Å². The molecule has 0 bridgehead atoms. The number of esters is 1. The van der Waals surface area contributed by atoms with Gasteiger partial charge in [0.1, 0.15) is 23.7 Å². The maximum Gasteiger partial charge on any atom is 0.355 e. The van der Waals surface area contributed by atoms with Crippen molar-refractivity contribution in [3.8, 4) is 5.75 Å². The van der Waals surface area contributed by atoms with E-state index in [0.717, 1.165) is 37.5 Å². The van der Waals surface area contributed by atoms with Gasteiger partial charge in [-0.25, -0.2) is 9.78 Å². The summed E-state index contributed by atoms with van der Waals surface area (Å²) in [5, 5.41) is 0.821. The first-order chi connectivity index (χ1) is 14.5. The highest BCUT2D eigenvalue weighted by atomic mass is 35.5. The number of halogens is 1. The van der Waals surface area contributed by atoms with E-state index < -0.39 is 5.97 Å². The highest BCUT2D eigenvalue weighted by molar-refractivity contribution is 6.30. The number of imidazole rings is 1. The van der Waals surface area contributed by atoms with Crippen LogP contribution in [0.15, 0.2) is 42.7 Å². The van der Waals surface area contributed by atoms with Crippen LogP contribution < -0.4 is 4.74 Å². The van der Waals surface area contributed by atoms with Gasteiger partial charge in [0.05, 0.1) is 7.11 Å². The monoisotopic (exact) mass is 427 g/mol. The zero-order valence-electron chi connectivity index (χ0n) is 17.3. The molecule has 7 heteroatoms. The van der Waals surface area contributed by atoms with Gasteiger partial charge in [-0.15, -0.1) is 0 Å². The topological polar surface area (TPSA) is 56.1 Å². The van der Waals surface area contributed by atoms with Crippen molar-refractivity contribution in [2.75, 3.05) is 33.4 Å². The Bertz CT molecular complexity index is 1020. The number of piperidine rings is 1. The van der Waals surface area contributed by atoms with Crippen LogP contribution in [0.3, 0.4) is 0 Å². The summed E-state index contributed by atoms with van der Waals surface area (Å²) in [5.41, 5.74) is 3.62. The number of ether oxygens (including phenoxy) is 2. The normalized spacial score (nSPS) is 15.4. The van der Waals surface area contributed by atoms with Crippen molar-refractivity contribution in [2.24, 2.45) is 0 Å². The van der Waals surface area contributed by atoms with Gasteiger partial charge < -0.3 is 9.47 Å². The van der Waals surface area contributed by atoms with E-state index in [1.165, 1.54) is 18.2 Å². The molecule has 1 aromatic carbocycles. The van der Waals surface area contributed by atoms with Crippen molar-refractivity contribution in [1.29, 1.82) is 0 Å². The SMILES string of the molecule is COC(=O)c1cc(OCCN2CCC(c3cc(C)cc(Cl)c3)CC2)cc2nccn12. The Balaban J connectivity index is 1.32. The van der Waals surface area contributed by atoms with Crippen molar-refractivity contribution in [3.63, 3.8) is 0 Å². The van der Waals surface area contributed by atoms with Crippen molar-refractivity contribution < 1.29 is 14.3 Å². The Hall–Kier alpha value is -2.57. The van der Waals surface area contributed by atoms with Crippen LogP contribution in [-0.4, -0.2) is 53.6 Å². The number of likely N-dealkylation sites (tertiary alicyclic amines) is 1. The summed E-state index contributed by atoms with van der Waals surface area (Å²) in [5.74, 6) is 0.769. The van der Waals surface area contributed by atoms with Gasteiger partial charge in [-0.3, -0.25) is 9.30 Å². The van der Waals surface area contributed by atoms with Crippen LogP contribution in [0.5, 0.6) is 5.75 Å². The largest absolute Gasteiger partial charge is 0.492 e. The number of aromatic nitrogens is 2. The second-order valence-electron chi connectivity index (χ2n) is 7.75. The Labute approximate surface area is 181 Å². The van der Waals surface area contributed by atoms with E-state index in [-0.39, 0.29) is 0 Å². The molecule has 0 atom stereocenters. The number of benzene rings is 1. The van der Waals surface area contributed by atoms with Gasteiger partial charge in [0, 0.05) is 36.1 Å². The summed E-state index contributed by atoms with van der Waals surface area (Å²) in [7, 11) is 1.37. The molecule has 1 aliphatic heterocycles. The molecular formula is C23H26ClN3O3. The van der Waals surface area contributed by atoms with Gasteiger partial charge in [-0.05, 0) is 62.0 Å². The quantitative estimate of drug-likeness (QED) is 0.548. The molecule has 0 spiro atoms. The molecular weight excluding hydrogens is 402 g/mol. The van der Waals surface area contributed by atoms with Crippen molar-refractivity contribution in [2.45, 2.75) is 25.7 Å². The lowest BCUT2D eigenvalue weighted by atomic mass is 9.89. The Kier molecular flexibility index (Phi) is 6.25. The molecule has 2 aromatic heterocycles. The van der Waals surface area contributed by atoms with Crippen LogP contribution in [0, 0.1) is 6.92 Å². The number of nitrogens with zero attached hydrogens (tertiary/aromatic N) is 3. The molecule has 0 N–H and O–H groups in total. The fourth-order valence-corrected chi connectivity index (χ4v) is 4.42. The van der Waals surface area contributed by atoms with Gasteiger partial charge in [-0.2, -0.15) is 0 Å². The second-order valence-corrected chi connectivity index (χ2v) is 8.19. The molecule has 3 aromatic rings. The summed E-state index contributed by atoms with van der Waals surface area (Å²) >= 11 is 6.23. The van der Waals surface area contributed by atoms with Crippen molar-refractivity contribution in [3.05, 3.63) is 64.6 Å². The summed E-state index contributed by atoms with van der Waals surface area (Å²) in [4.78, 5) is 18.7. The average molecular weight is 428 g/mol. The second kappa shape index (κ2) is 9.06.